The number of amides is 1. The van der Waals surface area contributed by atoms with Crippen molar-refractivity contribution in [2.24, 2.45) is 0 Å². The Morgan fingerprint density at radius 2 is 1.73 bits per heavy atom. The van der Waals surface area contributed by atoms with Crippen LogP contribution in [0.25, 0.3) is 0 Å². The topological polar surface area (TPSA) is 54.5 Å². The smallest absolute Gasteiger partial charge is 0.255 e. The first-order chi connectivity index (χ1) is 14.7. The Kier molecular flexibility index (Phi) is 8.30. The van der Waals surface area contributed by atoms with Gasteiger partial charge in [0.1, 0.15) is 17.4 Å². The fourth-order valence-corrected chi connectivity index (χ4v) is 3.69. The molecule has 0 aliphatic heterocycles. The van der Waals surface area contributed by atoms with Crippen molar-refractivity contribution in [3.05, 3.63) is 78.5 Å². The van der Waals surface area contributed by atoms with Gasteiger partial charge in [0.05, 0.1) is 5.69 Å². The van der Waals surface area contributed by atoms with Gasteiger partial charge >= 0.3 is 0 Å². The second kappa shape index (κ2) is 11.4. The van der Waals surface area contributed by atoms with Gasteiger partial charge < -0.3 is 15.0 Å². The van der Waals surface area contributed by atoms with Gasteiger partial charge in [-0.2, -0.15) is 0 Å². The lowest BCUT2D eigenvalue weighted by atomic mass is 10.2. The Balaban J connectivity index is 1.60. The van der Waals surface area contributed by atoms with Crippen LogP contribution in [0.5, 0.6) is 5.75 Å². The number of hydrogen-bond acceptors (Lipinski definition) is 5. The number of carbonyl (C=O) groups is 1. The van der Waals surface area contributed by atoms with Crippen LogP contribution in [-0.4, -0.2) is 42.0 Å². The molecule has 0 bridgehead atoms. The predicted octanol–water partition coefficient (Wildman–Crippen LogP) is 5.21. The second-order valence-corrected chi connectivity index (χ2v) is 7.71. The van der Waals surface area contributed by atoms with E-state index in [-0.39, 0.29) is 5.91 Å². The van der Waals surface area contributed by atoms with Gasteiger partial charge in [-0.3, -0.25) is 4.79 Å². The molecule has 0 saturated carbocycles. The fraction of sp³-hybridized carbons (Fsp3) is 0.250. The number of nitrogens with one attached hydrogen (secondary N) is 1. The summed E-state index contributed by atoms with van der Waals surface area (Å²) in [6.45, 7) is 7.69. The molecule has 0 saturated heterocycles. The summed E-state index contributed by atoms with van der Waals surface area (Å²) in [6.07, 6.45) is 1.77. The average molecular weight is 422 g/mol. The summed E-state index contributed by atoms with van der Waals surface area (Å²) in [6, 6.07) is 20.9. The van der Waals surface area contributed by atoms with Crippen LogP contribution in [-0.2, 0) is 0 Å². The first-order valence-corrected chi connectivity index (χ1v) is 11.0. The maximum atomic E-state index is 12.7. The quantitative estimate of drug-likeness (QED) is 0.487. The van der Waals surface area contributed by atoms with Crippen molar-refractivity contribution in [1.29, 1.82) is 0 Å². The van der Waals surface area contributed by atoms with Crippen LogP contribution in [0, 0.1) is 0 Å². The number of benzene rings is 2. The number of para-hydroxylation sites is 2. The minimum absolute atomic E-state index is 0.163. The van der Waals surface area contributed by atoms with Gasteiger partial charge in [-0.15, -0.1) is 0 Å². The summed E-state index contributed by atoms with van der Waals surface area (Å²) in [5.74, 6) is 0.518. The highest BCUT2D eigenvalue weighted by molar-refractivity contribution is 7.99. The first kappa shape index (κ1) is 21.9. The molecule has 1 heterocycles. The normalized spacial score (nSPS) is 10.8. The molecule has 0 spiro atoms. The van der Waals surface area contributed by atoms with Crippen molar-refractivity contribution in [2.45, 2.75) is 23.8 Å². The van der Waals surface area contributed by atoms with E-state index in [1.165, 1.54) is 0 Å². The maximum Gasteiger partial charge on any atom is 0.255 e. The molecular weight excluding hydrogens is 394 g/mol. The van der Waals surface area contributed by atoms with E-state index in [1.807, 2.05) is 66.7 Å². The summed E-state index contributed by atoms with van der Waals surface area (Å²) in [7, 11) is 0. The van der Waals surface area contributed by atoms with E-state index in [0.29, 0.717) is 23.6 Å². The van der Waals surface area contributed by atoms with Gasteiger partial charge in [0.2, 0.25) is 0 Å². The Morgan fingerprint density at radius 1 is 1.00 bits per heavy atom. The molecule has 0 radical (unpaired) electrons. The SMILES string of the molecule is CCN(CC)CCOc1ccccc1NC(=O)c1ccc(Sc2ccccn2)cc1. The van der Waals surface area contributed by atoms with Gasteiger partial charge in [0, 0.05) is 23.2 Å². The zero-order chi connectivity index (χ0) is 21.2. The van der Waals surface area contributed by atoms with Crippen molar-refractivity contribution in [2.75, 3.05) is 31.6 Å². The van der Waals surface area contributed by atoms with E-state index in [0.717, 1.165) is 29.6 Å². The van der Waals surface area contributed by atoms with Crippen LogP contribution in [0.1, 0.15) is 24.2 Å². The number of hydrogen-bond donors (Lipinski definition) is 1. The number of aromatic nitrogens is 1. The molecule has 30 heavy (non-hydrogen) atoms. The average Bonchev–Trinajstić information content (AvgIpc) is 2.79. The van der Waals surface area contributed by atoms with Crippen molar-refractivity contribution >= 4 is 23.4 Å². The third kappa shape index (κ3) is 6.34. The Bertz CT molecular complexity index is 929. The maximum absolute atomic E-state index is 12.7. The summed E-state index contributed by atoms with van der Waals surface area (Å²) >= 11 is 1.56. The zero-order valence-electron chi connectivity index (χ0n) is 17.4. The van der Waals surface area contributed by atoms with Crippen LogP contribution in [0.3, 0.4) is 0 Å². The largest absolute Gasteiger partial charge is 0.490 e. The van der Waals surface area contributed by atoms with E-state index in [1.54, 1.807) is 18.0 Å². The van der Waals surface area contributed by atoms with Gasteiger partial charge in [-0.1, -0.05) is 43.8 Å². The van der Waals surface area contributed by atoms with Crippen LogP contribution >= 0.6 is 11.8 Å². The van der Waals surface area contributed by atoms with Gasteiger partial charge in [-0.25, -0.2) is 4.98 Å². The third-order valence-corrected chi connectivity index (χ3v) is 5.63. The summed E-state index contributed by atoms with van der Waals surface area (Å²) in [5, 5.41) is 3.89. The molecule has 5 nitrogen and oxygen atoms in total. The molecular formula is C24H27N3O2S. The van der Waals surface area contributed by atoms with Crippen LogP contribution < -0.4 is 10.1 Å². The molecule has 1 aromatic heterocycles. The molecule has 0 unspecified atom stereocenters. The molecule has 0 aliphatic rings. The molecule has 1 amide bonds. The lowest BCUT2D eigenvalue weighted by molar-refractivity contribution is 0.102. The number of pyridine rings is 1. The van der Waals surface area contributed by atoms with Crippen molar-refractivity contribution < 1.29 is 9.53 Å². The highest BCUT2D eigenvalue weighted by Gasteiger charge is 2.11. The molecule has 3 aromatic rings. The standard InChI is InChI=1S/C24H27N3O2S/c1-3-27(4-2)17-18-29-22-10-6-5-9-21(22)26-24(28)19-12-14-20(15-13-19)30-23-11-7-8-16-25-23/h5-16H,3-4,17-18H2,1-2H3,(H,26,28). The van der Waals surface area contributed by atoms with Crippen LogP contribution in [0.2, 0.25) is 0 Å². The zero-order valence-corrected chi connectivity index (χ0v) is 18.2. The van der Waals surface area contributed by atoms with Gasteiger partial charge in [0.15, 0.2) is 0 Å². The summed E-state index contributed by atoms with van der Waals surface area (Å²) < 4.78 is 5.93. The predicted molar refractivity (Wildman–Crippen MR) is 122 cm³/mol. The molecule has 6 heteroatoms. The number of carbonyl (C=O) groups excluding carboxylic acids is 1. The Labute approximate surface area is 182 Å². The highest BCUT2D eigenvalue weighted by Crippen LogP contribution is 2.27. The minimum atomic E-state index is -0.163. The summed E-state index contributed by atoms with van der Waals surface area (Å²) in [4.78, 5) is 20.4. The van der Waals surface area contributed by atoms with Crippen molar-refractivity contribution in [1.82, 2.24) is 9.88 Å². The van der Waals surface area contributed by atoms with Crippen molar-refractivity contribution in [3.8, 4) is 5.75 Å². The lowest BCUT2D eigenvalue weighted by Gasteiger charge is -2.19. The number of rotatable bonds is 10. The number of anilines is 1. The Hall–Kier alpha value is -2.83. The fourth-order valence-electron chi connectivity index (χ4n) is 2.92. The van der Waals surface area contributed by atoms with E-state index in [2.05, 4.69) is 29.0 Å². The summed E-state index contributed by atoms with van der Waals surface area (Å²) in [5.41, 5.74) is 1.27. The molecule has 2 aromatic carbocycles. The third-order valence-electron chi connectivity index (χ3n) is 4.67. The van der Waals surface area contributed by atoms with E-state index in [4.69, 9.17) is 4.74 Å². The van der Waals surface area contributed by atoms with E-state index < -0.39 is 0 Å². The van der Waals surface area contributed by atoms with E-state index in [9.17, 15) is 4.79 Å². The van der Waals surface area contributed by atoms with Crippen LogP contribution in [0.4, 0.5) is 5.69 Å². The molecule has 0 fully saturated rings. The molecule has 0 aliphatic carbocycles. The molecule has 3 rings (SSSR count). The molecule has 156 valence electrons. The monoisotopic (exact) mass is 421 g/mol. The first-order valence-electron chi connectivity index (χ1n) is 10.1. The van der Waals surface area contributed by atoms with Gasteiger partial charge in [-0.05, 0) is 61.6 Å². The molecule has 0 atom stereocenters. The van der Waals surface area contributed by atoms with Crippen molar-refractivity contribution in [3.63, 3.8) is 0 Å². The van der Waals surface area contributed by atoms with Gasteiger partial charge in [0.25, 0.3) is 5.91 Å². The number of likely N-dealkylation sites (N-methyl/N-ethyl adjacent to an activating group) is 1. The second-order valence-electron chi connectivity index (χ2n) is 6.62. The lowest BCUT2D eigenvalue weighted by Crippen LogP contribution is -2.28. The minimum Gasteiger partial charge on any atom is -0.490 e. The highest BCUT2D eigenvalue weighted by atomic mass is 32.2. The number of nitrogens with zero attached hydrogens (tertiary/aromatic N) is 2. The van der Waals surface area contributed by atoms with Crippen LogP contribution in [0.15, 0.2) is 82.8 Å². The Morgan fingerprint density at radius 3 is 2.43 bits per heavy atom. The van der Waals surface area contributed by atoms with E-state index >= 15 is 0 Å². The number of ether oxygens (including phenoxy) is 1. The molecule has 1 N–H and O–H groups in total.